The second kappa shape index (κ2) is 59.1. The Labute approximate surface area is 446 Å². The first-order valence-electron chi connectivity index (χ1n) is 28.3. The molecule has 404 valence electrons. The minimum absolute atomic E-state index is 0.138. The molecule has 0 aromatic heterocycles. The molecule has 0 saturated carbocycles. The Kier molecular flexibility index (Phi) is 54.6. The summed E-state index contributed by atoms with van der Waals surface area (Å²) in [6.45, 7) is 6.16. The van der Waals surface area contributed by atoms with E-state index in [9.17, 15) is 14.4 Å². The lowest BCUT2D eigenvalue weighted by Gasteiger charge is -2.18. The highest BCUT2D eigenvalue weighted by atomic mass is 16.6. The van der Waals surface area contributed by atoms with E-state index in [1.165, 1.54) is 0 Å². The quantitative estimate of drug-likeness (QED) is 0.0262. The van der Waals surface area contributed by atoms with Crippen molar-refractivity contribution >= 4 is 17.9 Å². The maximum absolute atomic E-state index is 12.8. The average Bonchev–Trinajstić information content (AvgIpc) is 3.39. The lowest BCUT2D eigenvalue weighted by atomic mass is 10.1. The van der Waals surface area contributed by atoms with E-state index in [2.05, 4.69) is 203 Å². The van der Waals surface area contributed by atoms with E-state index in [-0.39, 0.29) is 38.0 Å². The van der Waals surface area contributed by atoms with Gasteiger partial charge in [0, 0.05) is 19.3 Å². The van der Waals surface area contributed by atoms with Crippen molar-refractivity contribution in [3.05, 3.63) is 182 Å². The molecule has 0 heterocycles. The first kappa shape index (κ1) is 67.5. The van der Waals surface area contributed by atoms with Crippen LogP contribution in [-0.4, -0.2) is 37.2 Å². The van der Waals surface area contributed by atoms with Crippen molar-refractivity contribution in [3.63, 3.8) is 0 Å². The number of unbranched alkanes of at least 4 members (excludes halogenated alkanes) is 7. The molecule has 0 aromatic rings. The first-order chi connectivity index (χ1) is 36.0. The zero-order valence-electron chi connectivity index (χ0n) is 46.1. The normalized spacial score (nSPS) is 13.5. The molecular formula is C67H100O6. The van der Waals surface area contributed by atoms with Gasteiger partial charge >= 0.3 is 17.9 Å². The van der Waals surface area contributed by atoms with Crippen molar-refractivity contribution in [2.45, 2.75) is 207 Å². The van der Waals surface area contributed by atoms with Gasteiger partial charge in [0.15, 0.2) is 6.10 Å². The molecule has 1 unspecified atom stereocenters. The Bertz CT molecular complexity index is 1770. The van der Waals surface area contributed by atoms with Crippen LogP contribution in [0.15, 0.2) is 182 Å². The molecule has 0 N–H and O–H groups in total. The summed E-state index contributed by atoms with van der Waals surface area (Å²) in [7, 11) is 0. The van der Waals surface area contributed by atoms with Crippen LogP contribution >= 0.6 is 0 Å². The summed E-state index contributed by atoms with van der Waals surface area (Å²) < 4.78 is 16.7. The number of esters is 3. The van der Waals surface area contributed by atoms with Crippen LogP contribution in [0.3, 0.4) is 0 Å². The zero-order valence-corrected chi connectivity index (χ0v) is 46.1. The van der Waals surface area contributed by atoms with Crippen molar-refractivity contribution in [3.8, 4) is 0 Å². The van der Waals surface area contributed by atoms with E-state index in [1.807, 2.05) is 0 Å². The highest BCUT2D eigenvalue weighted by Crippen LogP contribution is 2.11. The molecule has 0 radical (unpaired) electrons. The van der Waals surface area contributed by atoms with Gasteiger partial charge in [-0.15, -0.1) is 0 Å². The fourth-order valence-electron chi connectivity index (χ4n) is 6.76. The monoisotopic (exact) mass is 1000 g/mol. The Hall–Kier alpha value is -5.49. The molecule has 0 fully saturated rings. The maximum Gasteiger partial charge on any atom is 0.306 e. The van der Waals surface area contributed by atoms with Crippen molar-refractivity contribution in [1.29, 1.82) is 0 Å². The van der Waals surface area contributed by atoms with E-state index in [0.29, 0.717) is 19.3 Å². The molecule has 0 aromatic carbocycles. The van der Waals surface area contributed by atoms with Crippen LogP contribution in [0.5, 0.6) is 0 Å². The van der Waals surface area contributed by atoms with Gasteiger partial charge in [-0.3, -0.25) is 14.4 Å². The van der Waals surface area contributed by atoms with Crippen LogP contribution in [0.25, 0.3) is 0 Å². The molecule has 0 bridgehead atoms. The molecule has 0 aliphatic rings. The smallest absolute Gasteiger partial charge is 0.306 e. The second-order valence-corrected chi connectivity index (χ2v) is 17.7. The van der Waals surface area contributed by atoms with Crippen molar-refractivity contribution in [2.24, 2.45) is 0 Å². The summed E-state index contributed by atoms with van der Waals surface area (Å²) in [6, 6.07) is 0. The van der Waals surface area contributed by atoms with E-state index >= 15 is 0 Å². The highest BCUT2D eigenvalue weighted by Gasteiger charge is 2.19. The number of allylic oxidation sites excluding steroid dienone is 30. The molecule has 0 amide bonds. The largest absolute Gasteiger partial charge is 0.462 e. The van der Waals surface area contributed by atoms with Gasteiger partial charge in [-0.25, -0.2) is 0 Å². The fraction of sp³-hybridized carbons (Fsp3) is 0.507. The second-order valence-electron chi connectivity index (χ2n) is 17.7. The predicted molar refractivity (Wildman–Crippen MR) is 315 cm³/mol. The number of carbonyl (C=O) groups excluding carboxylic acids is 3. The minimum atomic E-state index is -0.847. The fourth-order valence-corrected chi connectivity index (χ4v) is 6.76. The van der Waals surface area contributed by atoms with E-state index < -0.39 is 12.1 Å². The molecule has 6 heteroatoms. The number of carbonyl (C=O) groups is 3. The van der Waals surface area contributed by atoms with Crippen LogP contribution in [-0.2, 0) is 28.6 Å². The molecule has 0 aliphatic carbocycles. The van der Waals surface area contributed by atoms with E-state index in [4.69, 9.17) is 14.2 Å². The summed E-state index contributed by atoms with van der Waals surface area (Å²) in [5, 5.41) is 0. The Morgan fingerprint density at radius 3 is 0.822 bits per heavy atom. The first-order valence-corrected chi connectivity index (χ1v) is 28.3. The third-order valence-electron chi connectivity index (χ3n) is 10.9. The zero-order chi connectivity index (χ0) is 52.9. The van der Waals surface area contributed by atoms with Crippen LogP contribution in [0.2, 0.25) is 0 Å². The number of rotatable bonds is 48. The van der Waals surface area contributed by atoms with Crippen LogP contribution in [0.1, 0.15) is 201 Å². The summed E-state index contributed by atoms with van der Waals surface area (Å²) in [6.07, 6.45) is 88.9. The SMILES string of the molecule is CC/C=C\C/C=C\C/C=C\C/C=C\C/C=C\C/C=C\CCCCCCC(=O)OCC(COC(=O)CCCC/C=C\C/C=C\C/C=C\C/C=C\CC)OC(=O)CCC/C=C\C/C=C\C/C=C\C/C=C\C/C=C\CC. The maximum atomic E-state index is 12.8. The van der Waals surface area contributed by atoms with Gasteiger partial charge in [0.05, 0.1) is 0 Å². The molecule has 1 atom stereocenters. The summed E-state index contributed by atoms with van der Waals surface area (Å²) in [4.78, 5) is 38.1. The Morgan fingerprint density at radius 1 is 0.274 bits per heavy atom. The molecule has 0 spiro atoms. The predicted octanol–water partition coefficient (Wildman–Crippen LogP) is 19.3. The number of ether oxygens (including phenoxy) is 3. The minimum Gasteiger partial charge on any atom is -0.462 e. The third-order valence-corrected chi connectivity index (χ3v) is 10.9. The van der Waals surface area contributed by atoms with Gasteiger partial charge in [-0.2, -0.15) is 0 Å². The van der Waals surface area contributed by atoms with Gasteiger partial charge in [0.2, 0.25) is 0 Å². The molecular weight excluding hydrogens is 901 g/mol. The van der Waals surface area contributed by atoms with Gasteiger partial charge in [-0.05, 0) is 148 Å². The van der Waals surface area contributed by atoms with Crippen molar-refractivity contribution < 1.29 is 28.6 Å². The summed E-state index contributed by atoms with van der Waals surface area (Å²) >= 11 is 0. The lowest BCUT2D eigenvalue weighted by Crippen LogP contribution is -2.30. The van der Waals surface area contributed by atoms with Crippen LogP contribution in [0, 0.1) is 0 Å². The number of hydrogen-bond donors (Lipinski definition) is 0. The molecule has 6 nitrogen and oxygen atoms in total. The van der Waals surface area contributed by atoms with Crippen molar-refractivity contribution in [2.75, 3.05) is 13.2 Å². The lowest BCUT2D eigenvalue weighted by molar-refractivity contribution is -0.167. The third kappa shape index (κ3) is 57.3. The average molecular weight is 1000 g/mol. The van der Waals surface area contributed by atoms with Gasteiger partial charge in [-0.1, -0.05) is 216 Å². The molecule has 0 rings (SSSR count). The van der Waals surface area contributed by atoms with Gasteiger partial charge in [0.25, 0.3) is 0 Å². The molecule has 0 aliphatic heterocycles. The van der Waals surface area contributed by atoms with Crippen LogP contribution in [0.4, 0.5) is 0 Å². The van der Waals surface area contributed by atoms with E-state index in [0.717, 1.165) is 148 Å². The van der Waals surface area contributed by atoms with Crippen molar-refractivity contribution in [1.82, 2.24) is 0 Å². The van der Waals surface area contributed by atoms with Crippen LogP contribution < -0.4 is 0 Å². The number of hydrogen-bond acceptors (Lipinski definition) is 6. The molecule has 0 saturated heterocycles. The Morgan fingerprint density at radius 2 is 0.507 bits per heavy atom. The summed E-state index contributed by atoms with van der Waals surface area (Å²) in [5.41, 5.74) is 0. The Balaban J connectivity index is 4.60. The summed E-state index contributed by atoms with van der Waals surface area (Å²) in [5.74, 6) is -1.08. The molecule has 73 heavy (non-hydrogen) atoms. The topological polar surface area (TPSA) is 78.9 Å². The highest BCUT2D eigenvalue weighted by molar-refractivity contribution is 5.71. The van der Waals surface area contributed by atoms with E-state index in [1.54, 1.807) is 0 Å². The van der Waals surface area contributed by atoms with Gasteiger partial charge < -0.3 is 14.2 Å². The van der Waals surface area contributed by atoms with Gasteiger partial charge in [0.1, 0.15) is 13.2 Å². The standard InChI is InChI=1S/C67H100O6/c1-4-7-10-13-16-19-22-25-28-30-31-32-33-34-35-37-39-42-45-48-51-54-57-60-66(69)72-63-64(62-71-65(68)59-56-53-50-47-44-41-38-27-24-21-18-15-12-9-6-3)73-67(70)61-58-55-52-49-46-43-40-36-29-26-23-20-17-14-11-8-5-2/h7-12,16-21,25-29,31-32,34-35,38-40,42-44,47,49,52,64H,4-6,13-15,22-24,30,33,36-37,41,45-46,48,50-51,53-63H2,1-3H3/b10-7-,11-8-,12-9-,19-16-,20-17-,21-18-,28-25-,29-26-,32-31-,35-34-,38-27-,42-39-,43-40-,47-44-,52-49-.